The van der Waals surface area contributed by atoms with Gasteiger partial charge in [-0.25, -0.2) is 18.7 Å². The summed E-state index contributed by atoms with van der Waals surface area (Å²) in [6.45, 7) is 0. The monoisotopic (exact) mass is 428 g/mol. The number of carboxylic acid groups (broad SMARTS) is 1. The summed E-state index contributed by atoms with van der Waals surface area (Å²) in [6.07, 6.45) is 4.69. The first-order chi connectivity index (χ1) is 15.5. The molecule has 32 heavy (non-hydrogen) atoms. The lowest BCUT2D eigenvalue weighted by Crippen LogP contribution is -2.31. The van der Waals surface area contributed by atoms with Crippen LogP contribution in [0.4, 0.5) is 4.39 Å². The second kappa shape index (κ2) is 7.73. The van der Waals surface area contributed by atoms with E-state index in [1.54, 1.807) is 24.4 Å². The Balaban J connectivity index is 1.62. The Morgan fingerprint density at radius 1 is 1.03 bits per heavy atom. The molecule has 1 N–H and O–H groups in total. The Kier molecular flexibility index (Phi) is 4.74. The van der Waals surface area contributed by atoms with Crippen molar-refractivity contribution in [3.63, 3.8) is 0 Å². The molecule has 0 bridgehead atoms. The third-order valence-electron chi connectivity index (χ3n) is 5.47. The van der Waals surface area contributed by atoms with E-state index in [1.807, 2.05) is 30.3 Å². The topological polar surface area (TPSA) is 89.5 Å². The Labute approximate surface area is 181 Å². The summed E-state index contributed by atoms with van der Waals surface area (Å²) in [6, 6.07) is 15.8. The fraction of sp³-hybridized carbons (Fsp3) is 0.0833. The third-order valence-corrected chi connectivity index (χ3v) is 5.47. The molecule has 0 fully saturated rings. The molecule has 0 spiro atoms. The molecular weight excluding hydrogens is 411 g/mol. The quantitative estimate of drug-likeness (QED) is 0.461. The first-order valence-corrected chi connectivity index (χ1v) is 9.93. The molecule has 3 aromatic heterocycles. The molecule has 0 radical (unpaired) electrons. The zero-order valence-electron chi connectivity index (χ0n) is 16.7. The van der Waals surface area contributed by atoms with Crippen LogP contribution in [-0.2, 0) is 11.2 Å². The van der Waals surface area contributed by atoms with Gasteiger partial charge in [0.2, 0.25) is 0 Å². The van der Waals surface area contributed by atoms with E-state index in [1.165, 1.54) is 33.6 Å². The summed E-state index contributed by atoms with van der Waals surface area (Å²) in [5.41, 5.74) is 2.82. The van der Waals surface area contributed by atoms with Gasteiger partial charge in [0.15, 0.2) is 5.65 Å². The predicted octanol–water partition coefficient (Wildman–Crippen LogP) is 3.72. The van der Waals surface area contributed by atoms with Crippen molar-refractivity contribution in [2.75, 3.05) is 0 Å². The van der Waals surface area contributed by atoms with Crippen molar-refractivity contribution in [1.29, 1.82) is 0 Å². The van der Waals surface area contributed by atoms with Crippen molar-refractivity contribution in [3.05, 3.63) is 101 Å². The van der Waals surface area contributed by atoms with Crippen molar-refractivity contribution in [2.24, 2.45) is 0 Å². The number of hydrogen-bond donors (Lipinski definition) is 1. The standard InChI is InChI=1S/C24H17FN4O3/c25-17-8-6-16(7-9-17)18-14-27-29-20-10-11-28(23(30)19(20)13-26-22(18)29)21(24(31)32)12-15-4-2-1-3-5-15/h1-11,13-14,21H,12H2,(H,31,32)/t21-/m0/s1. The lowest BCUT2D eigenvalue weighted by molar-refractivity contribution is -0.141. The fourth-order valence-corrected chi connectivity index (χ4v) is 3.85. The number of rotatable bonds is 5. The van der Waals surface area contributed by atoms with Gasteiger partial charge >= 0.3 is 5.97 Å². The molecule has 1 atom stereocenters. The van der Waals surface area contributed by atoms with Gasteiger partial charge in [-0.1, -0.05) is 42.5 Å². The fourth-order valence-electron chi connectivity index (χ4n) is 3.85. The summed E-state index contributed by atoms with van der Waals surface area (Å²) in [5, 5.41) is 14.4. The average Bonchev–Trinajstić information content (AvgIpc) is 3.24. The molecule has 0 amide bonds. The van der Waals surface area contributed by atoms with Gasteiger partial charge in [0.1, 0.15) is 11.9 Å². The number of carbonyl (C=O) groups is 1. The zero-order valence-corrected chi connectivity index (χ0v) is 16.7. The van der Waals surface area contributed by atoms with Gasteiger partial charge in [-0.2, -0.15) is 5.10 Å². The molecule has 0 saturated heterocycles. The van der Waals surface area contributed by atoms with Crippen LogP contribution in [0, 0.1) is 5.82 Å². The minimum Gasteiger partial charge on any atom is -0.480 e. The number of carboxylic acids is 1. The third kappa shape index (κ3) is 3.31. The predicted molar refractivity (Wildman–Crippen MR) is 117 cm³/mol. The van der Waals surface area contributed by atoms with Gasteiger partial charge in [0.25, 0.3) is 5.56 Å². The highest BCUT2D eigenvalue weighted by molar-refractivity contribution is 5.85. The van der Waals surface area contributed by atoms with Crippen LogP contribution in [-0.4, -0.2) is 30.2 Å². The highest BCUT2D eigenvalue weighted by Gasteiger charge is 2.23. The van der Waals surface area contributed by atoms with Gasteiger partial charge in [-0.3, -0.25) is 4.79 Å². The lowest BCUT2D eigenvalue weighted by Gasteiger charge is -2.16. The van der Waals surface area contributed by atoms with Crippen LogP contribution in [0.5, 0.6) is 0 Å². The second-order valence-electron chi connectivity index (χ2n) is 7.43. The van der Waals surface area contributed by atoms with Crippen LogP contribution >= 0.6 is 0 Å². The van der Waals surface area contributed by atoms with Crippen LogP contribution in [0.25, 0.3) is 27.7 Å². The van der Waals surface area contributed by atoms with Crippen molar-refractivity contribution < 1.29 is 14.3 Å². The summed E-state index contributed by atoms with van der Waals surface area (Å²) >= 11 is 0. The minimum absolute atomic E-state index is 0.174. The normalized spacial score (nSPS) is 12.3. The molecule has 158 valence electrons. The van der Waals surface area contributed by atoms with E-state index < -0.39 is 17.6 Å². The number of hydrogen-bond acceptors (Lipinski definition) is 4. The molecule has 0 aliphatic rings. The van der Waals surface area contributed by atoms with Crippen molar-refractivity contribution >= 4 is 22.5 Å². The zero-order chi connectivity index (χ0) is 22.2. The molecule has 0 unspecified atom stereocenters. The van der Waals surface area contributed by atoms with Crippen LogP contribution in [0.1, 0.15) is 11.6 Å². The number of fused-ring (bicyclic) bond motifs is 3. The highest BCUT2D eigenvalue weighted by Crippen LogP contribution is 2.25. The van der Waals surface area contributed by atoms with E-state index in [2.05, 4.69) is 10.1 Å². The largest absolute Gasteiger partial charge is 0.480 e. The van der Waals surface area contributed by atoms with E-state index in [0.29, 0.717) is 16.7 Å². The second-order valence-corrected chi connectivity index (χ2v) is 7.43. The average molecular weight is 428 g/mol. The molecule has 8 heteroatoms. The summed E-state index contributed by atoms with van der Waals surface area (Å²) in [4.78, 5) is 29.6. The van der Waals surface area contributed by atoms with Crippen molar-refractivity contribution in [1.82, 2.24) is 19.2 Å². The van der Waals surface area contributed by atoms with E-state index in [-0.39, 0.29) is 17.6 Å². The molecule has 0 aliphatic carbocycles. The van der Waals surface area contributed by atoms with Gasteiger partial charge in [0, 0.05) is 24.4 Å². The maximum absolute atomic E-state index is 13.3. The van der Waals surface area contributed by atoms with E-state index in [9.17, 15) is 19.1 Å². The van der Waals surface area contributed by atoms with Gasteiger partial charge in [0.05, 0.1) is 17.1 Å². The molecule has 5 aromatic rings. The van der Waals surface area contributed by atoms with Gasteiger partial charge < -0.3 is 9.67 Å². The number of aromatic nitrogens is 4. The Morgan fingerprint density at radius 2 is 1.78 bits per heavy atom. The van der Waals surface area contributed by atoms with Crippen LogP contribution in [0.15, 0.2) is 84.0 Å². The van der Waals surface area contributed by atoms with Crippen molar-refractivity contribution in [2.45, 2.75) is 12.5 Å². The molecule has 2 aromatic carbocycles. The highest BCUT2D eigenvalue weighted by atomic mass is 19.1. The van der Waals surface area contributed by atoms with E-state index in [0.717, 1.165) is 11.1 Å². The molecule has 3 heterocycles. The first-order valence-electron chi connectivity index (χ1n) is 9.93. The minimum atomic E-state index is -1.10. The first kappa shape index (κ1) is 19.6. The summed E-state index contributed by atoms with van der Waals surface area (Å²) in [5.74, 6) is -1.44. The summed E-state index contributed by atoms with van der Waals surface area (Å²) < 4.78 is 16.0. The molecule has 7 nitrogen and oxygen atoms in total. The lowest BCUT2D eigenvalue weighted by atomic mass is 10.1. The Bertz CT molecular complexity index is 1510. The maximum Gasteiger partial charge on any atom is 0.327 e. The van der Waals surface area contributed by atoms with E-state index >= 15 is 0 Å². The van der Waals surface area contributed by atoms with Crippen molar-refractivity contribution in [3.8, 4) is 11.1 Å². The summed E-state index contributed by atoms with van der Waals surface area (Å²) in [7, 11) is 0. The maximum atomic E-state index is 13.3. The number of pyridine rings is 1. The SMILES string of the molecule is O=C(O)[C@H](Cc1ccccc1)n1ccc2c(cnc3c(-c4ccc(F)cc4)cnn32)c1=O. The van der Waals surface area contributed by atoms with Crippen LogP contribution in [0.3, 0.4) is 0 Å². The Morgan fingerprint density at radius 3 is 2.50 bits per heavy atom. The Hall–Kier alpha value is -4.33. The molecular formula is C24H17FN4O3. The number of nitrogens with zero attached hydrogens (tertiary/aromatic N) is 4. The molecule has 0 aliphatic heterocycles. The van der Waals surface area contributed by atoms with Gasteiger partial charge in [-0.05, 0) is 29.3 Å². The number of benzene rings is 2. The van der Waals surface area contributed by atoms with Gasteiger partial charge in [-0.15, -0.1) is 0 Å². The molecule has 5 rings (SSSR count). The molecule has 0 saturated carbocycles. The van der Waals surface area contributed by atoms with Crippen LogP contribution < -0.4 is 5.56 Å². The number of aliphatic carboxylic acids is 1. The van der Waals surface area contributed by atoms with Crippen LogP contribution in [0.2, 0.25) is 0 Å². The number of halogens is 1. The smallest absolute Gasteiger partial charge is 0.327 e. The van der Waals surface area contributed by atoms with E-state index in [4.69, 9.17) is 0 Å².